The first-order valence-electron chi connectivity index (χ1n) is 10.2. The van der Waals surface area contributed by atoms with Gasteiger partial charge in [-0.15, -0.1) is 0 Å². The predicted octanol–water partition coefficient (Wildman–Crippen LogP) is 3.34. The summed E-state index contributed by atoms with van der Waals surface area (Å²) in [6.45, 7) is 5.19. The van der Waals surface area contributed by atoms with Gasteiger partial charge in [0.1, 0.15) is 11.9 Å². The number of halogens is 1. The Morgan fingerprint density at radius 1 is 1.21 bits per heavy atom. The lowest BCUT2D eigenvalue weighted by molar-refractivity contribution is 0.214. The fourth-order valence-electron chi connectivity index (χ4n) is 3.31. The van der Waals surface area contributed by atoms with Crippen molar-refractivity contribution < 1.29 is 9.13 Å². The fourth-order valence-corrected chi connectivity index (χ4v) is 3.31. The molecule has 0 radical (unpaired) electrons. The SMILES string of the molecule is CN=C(NCc1ccnc(N2CCCCC2)c1)NCC(C)Oc1ccccc1F. The molecule has 2 N–H and O–H groups in total. The highest BCUT2D eigenvalue weighted by Gasteiger charge is 2.13. The number of pyridine rings is 1. The molecule has 6 nitrogen and oxygen atoms in total. The van der Waals surface area contributed by atoms with Gasteiger partial charge in [0.25, 0.3) is 0 Å². The monoisotopic (exact) mass is 399 g/mol. The fraction of sp³-hybridized carbons (Fsp3) is 0.455. The standard InChI is InChI=1S/C22H30FN5O/c1-17(29-20-9-5-4-8-19(20)23)15-26-22(24-2)27-16-18-10-11-25-21(14-18)28-12-6-3-7-13-28/h4-5,8-11,14,17H,3,6-7,12-13,15-16H2,1-2H3,(H2,24,26,27). The highest BCUT2D eigenvalue weighted by molar-refractivity contribution is 5.79. The topological polar surface area (TPSA) is 61.8 Å². The lowest BCUT2D eigenvalue weighted by Crippen LogP contribution is -2.41. The molecule has 156 valence electrons. The van der Waals surface area contributed by atoms with E-state index in [1.165, 1.54) is 25.3 Å². The predicted molar refractivity (Wildman–Crippen MR) is 115 cm³/mol. The zero-order valence-corrected chi connectivity index (χ0v) is 17.2. The number of hydrogen-bond donors (Lipinski definition) is 2. The van der Waals surface area contributed by atoms with Crippen LogP contribution in [0, 0.1) is 5.82 Å². The molecule has 1 atom stereocenters. The van der Waals surface area contributed by atoms with E-state index in [-0.39, 0.29) is 17.7 Å². The lowest BCUT2D eigenvalue weighted by Gasteiger charge is -2.28. The number of guanidine groups is 1. The van der Waals surface area contributed by atoms with Gasteiger partial charge in [-0.3, -0.25) is 4.99 Å². The molecule has 2 aromatic rings. The zero-order valence-electron chi connectivity index (χ0n) is 17.2. The average Bonchev–Trinajstić information content (AvgIpc) is 2.76. The van der Waals surface area contributed by atoms with Crippen LogP contribution in [0.4, 0.5) is 10.2 Å². The normalized spacial score (nSPS) is 15.7. The van der Waals surface area contributed by atoms with Crippen LogP contribution in [0.2, 0.25) is 0 Å². The molecule has 29 heavy (non-hydrogen) atoms. The van der Waals surface area contributed by atoms with E-state index in [4.69, 9.17) is 4.74 Å². The van der Waals surface area contributed by atoms with Crippen molar-refractivity contribution >= 4 is 11.8 Å². The van der Waals surface area contributed by atoms with Crippen molar-refractivity contribution in [3.8, 4) is 5.75 Å². The van der Waals surface area contributed by atoms with Crippen LogP contribution in [-0.2, 0) is 6.54 Å². The Kier molecular flexibility index (Phi) is 7.67. The van der Waals surface area contributed by atoms with E-state index >= 15 is 0 Å². The molecule has 1 fully saturated rings. The average molecular weight is 400 g/mol. The number of nitrogens with one attached hydrogen (secondary N) is 2. The van der Waals surface area contributed by atoms with Crippen molar-refractivity contribution in [3.63, 3.8) is 0 Å². The van der Waals surface area contributed by atoms with E-state index in [1.54, 1.807) is 25.2 Å². The van der Waals surface area contributed by atoms with Crippen LogP contribution < -0.4 is 20.3 Å². The van der Waals surface area contributed by atoms with E-state index in [9.17, 15) is 4.39 Å². The van der Waals surface area contributed by atoms with E-state index < -0.39 is 0 Å². The van der Waals surface area contributed by atoms with Gasteiger partial charge in [-0.1, -0.05) is 12.1 Å². The third kappa shape index (κ3) is 6.34. The largest absolute Gasteiger partial charge is 0.486 e. The maximum atomic E-state index is 13.7. The minimum absolute atomic E-state index is 0.211. The van der Waals surface area contributed by atoms with Crippen molar-refractivity contribution in [2.24, 2.45) is 4.99 Å². The van der Waals surface area contributed by atoms with Gasteiger partial charge in [0.2, 0.25) is 0 Å². The van der Waals surface area contributed by atoms with Gasteiger partial charge in [-0.2, -0.15) is 0 Å². The van der Waals surface area contributed by atoms with E-state index in [0.717, 1.165) is 24.5 Å². The molecule has 0 bridgehead atoms. The van der Waals surface area contributed by atoms with Crippen molar-refractivity contribution in [2.75, 3.05) is 31.6 Å². The molecule has 7 heteroatoms. The summed E-state index contributed by atoms with van der Waals surface area (Å²) >= 11 is 0. The molecule has 1 aromatic heterocycles. The summed E-state index contributed by atoms with van der Waals surface area (Å²) in [6.07, 6.45) is 5.42. The number of rotatable bonds is 7. The molecular formula is C22H30FN5O. The molecule has 0 aliphatic carbocycles. The Labute approximate surface area is 172 Å². The number of anilines is 1. The third-order valence-electron chi connectivity index (χ3n) is 4.90. The second-order valence-electron chi connectivity index (χ2n) is 7.24. The first-order chi connectivity index (χ1) is 14.2. The van der Waals surface area contributed by atoms with Crippen LogP contribution in [0.25, 0.3) is 0 Å². The van der Waals surface area contributed by atoms with Crippen molar-refractivity contribution in [3.05, 3.63) is 54.0 Å². The van der Waals surface area contributed by atoms with Crippen LogP contribution in [0.3, 0.4) is 0 Å². The molecule has 1 saturated heterocycles. The number of ether oxygens (including phenoxy) is 1. The molecule has 1 aromatic carbocycles. The van der Waals surface area contributed by atoms with Gasteiger partial charge in [0.05, 0.1) is 6.54 Å². The Morgan fingerprint density at radius 3 is 2.76 bits per heavy atom. The van der Waals surface area contributed by atoms with Gasteiger partial charge in [-0.05, 0) is 56.0 Å². The number of hydrogen-bond acceptors (Lipinski definition) is 4. The molecule has 0 spiro atoms. The highest BCUT2D eigenvalue weighted by Crippen LogP contribution is 2.18. The molecule has 2 heterocycles. The van der Waals surface area contributed by atoms with Crippen LogP contribution in [0.5, 0.6) is 5.75 Å². The molecular weight excluding hydrogens is 369 g/mol. The number of piperidine rings is 1. The Balaban J connectivity index is 1.47. The van der Waals surface area contributed by atoms with Gasteiger partial charge >= 0.3 is 0 Å². The quantitative estimate of drug-likeness (QED) is 0.552. The second kappa shape index (κ2) is 10.6. The number of aliphatic imine (C=N–C) groups is 1. The van der Waals surface area contributed by atoms with Gasteiger partial charge in [-0.25, -0.2) is 9.37 Å². The smallest absolute Gasteiger partial charge is 0.191 e. The van der Waals surface area contributed by atoms with Crippen molar-refractivity contribution in [2.45, 2.75) is 38.8 Å². The van der Waals surface area contributed by atoms with E-state index in [2.05, 4.69) is 31.6 Å². The Morgan fingerprint density at radius 2 is 2.00 bits per heavy atom. The summed E-state index contributed by atoms with van der Waals surface area (Å²) in [4.78, 5) is 11.1. The van der Waals surface area contributed by atoms with Crippen molar-refractivity contribution in [1.82, 2.24) is 15.6 Å². The minimum atomic E-state index is -0.357. The van der Waals surface area contributed by atoms with Crippen LogP contribution >= 0.6 is 0 Å². The zero-order chi connectivity index (χ0) is 20.5. The second-order valence-corrected chi connectivity index (χ2v) is 7.24. The first kappa shape index (κ1) is 20.9. The van der Waals surface area contributed by atoms with E-state index in [1.807, 2.05) is 19.2 Å². The summed E-state index contributed by atoms with van der Waals surface area (Å²) < 4.78 is 19.4. The number of benzene rings is 1. The summed E-state index contributed by atoms with van der Waals surface area (Å²) in [5.41, 5.74) is 1.15. The van der Waals surface area contributed by atoms with Gasteiger partial charge in [0, 0.05) is 32.9 Å². The number of aromatic nitrogens is 1. The van der Waals surface area contributed by atoms with Crippen LogP contribution in [0.15, 0.2) is 47.6 Å². The van der Waals surface area contributed by atoms with Crippen LogP contribution in [-0.4, -0.2) is 43.7 Å². The molecule has 0 saturated carbocycles. The molecule has 1 aliphatic heterocycles. The summed E-state index contributed by atoms with van der Waals surface area (Å²) in [5, 5.41) is 6.53. The maximum absolute atomic E-state index is 13.7. The molecule has 1 unspecified atom stereocenters. The Hall–Kier alpha value is -2.83. The van der Waals surface area contributed by atoms with E-state index in [0.29, 0.717) is 19.0 Å². The maximum Gasteiger partial charge on any atom is 0.191 e. The summed E-state index contributed by atoms with van der Waals surface area (Å²) in [5.74, 6) is 1.61. The summed E-state index contributed by atoms with van der Waals surface area (Å²) in [7, 11) is 1.73. The first-order valence-corrected chi connectivity index (χ1v) is 10.2. The third-order valence-corrected chi connectivity index (χ3v) is 4.90. The highest BCUT2D eigenvalue weighted by atomic mass is 19.1. The minimum Gasteiger partial charge on any atom is -0.486 e. The van der Waals surface area contributed by atoms with Crippen LogP contribution in [0.1, 0.15) is 31.7 Å². The molecule has 1 aliphatic rings. The molecule has 0 amide bonds. The number of para-hydroxylation sites is 1. The van der Waals surface area contributed by atoms with Gasteiger partial charge in [0.15, 0.2) is 17.5 Å². The lowest BCUT2D eigenvalue weighted by atomic mass is 10.1. The summed E-state index contributed by atoms with van der Waals surface area (Å²) in [6, 6.07) is 10.6. The van der Waals surface area contributed by atoms with Crippen molar-refractivity contribution in [1.29, 1.82) is 0 Å². The molecule has 3 rings (SSSR count). The Bertz CT molecular complexity index is 807. The number of nitrogens with zero attached hydrogens (tertiary/aromatic N) is 3. The van der Waals surface area contributed by atoms with Gasteiger partial charge < -0.3 is 20.3 Å².